The van der Waals surface area contributed by atoms with Gasteiger partial charge < -0.3 is 4.90 Å². The number of aromatic nitrogens is 2. The Labute approximate surface area is 126 Å². The molecule has 3 rings (SSSR count). The Bertz CT molecular complexity index is 439. The number of amides is 1. The molecule has 2 fully saturated rings. The molecule has 0 spiro atoms. The minimum absolute atomic E-state index is 0.347. The van der Waals surface area contributed by atoms with Gasteiger partial charge in [0.1, 0.15) is 0 Å². The average molecular weight is 290 g/mol. The lowest BCUT2D eigenvalue weighted by atomic mass is 10.1. The Kier molecular flexibility index (Phi) is 4.91. The summed E-state index contributed by atoms with van der Waals surface area (Å²) in [6, 6.07) is 2.51. The number of likely N-dealkylation sites (tertiary alicyclic amines) is 2. The monoisotopic (exact) mass is 290 g/mol. The van der Waals surface area contributed by atoms with Gasteiger partial charge in [-0.1, -0.05) is 0 Å². The molecule has 1 amide bonds. The van der Waals surface area contributed by atoms with E-state index in [0.29, 0.717) is 18.4 Å². The largest absolute Gasteiger partial charge is 0.343 e. The molecule has 1 aromatic heterocycles. The van der Waals surface area contributed by atoms with E-state index in [9.17, 15) is 4.79 Å². The van der Waals surface area contributed by atoms with Crippen LogP contribution in [0.4, 0.5) is 0 Å². The van der Waals surface area contributed by atoms with Crippen LogP contribution in [0, 0.1) is 0 Å². The molecular weight excluding hydrogens is 264 g/mol. The summed E-state index contributed by atoms with van der Waals surface area (Å²) < 4.78 is 2.01. The van der Waals surface area contributed by atoms with Crippen LogP contribution in [-0.4, -0.2) is 57.7 Å². The Morgan fingerprint density at radius 1 is 1.14 bits per heavy atom. The predicted octanol–water partition coefficient (Wildman–Crippen LogP) is 1.75. The molecule has 21 heavy (non-hydrogen) atoms. The highest BCUT2D eigenvalue weighted by Crippen LogP contribution is 2.19. The molecule has 2 aliphatic rings. The van der Waals surface area contributed by atoms with Crippen LogP contribution in [0.5, 0.6) is 0 Å². The highest BCUT2D eigenvalue weighted by Gasteiger charge is 2.26. The van der Waals surface area contributed by atoms with E-state index in [1.165, 1.54) is 32.1 Å². The zero-order chi connectivity index (χ0) is 14.5. The van der Waals surface area contributed by atoms with E-state index in [2.05, 4.69) is 14.9 Å². The first-order valence-corrected chi connectivity index (χ1v) is 8.32. The molecule has 5 nitrogen and oxygen atoms in total. The number of carbonyl (C=O) groups is 1. The third-order valence-electron chi connectivity index (χ3n) is 4.78. The molecule has 0 bridgehead atoms. The average Bonchev–Trinajstić information content (AvgIpc) is 3.18. The van der Waals surface area contributed by atoms with Crippen molar-refractivity contribution >= 4 is 5.91 Å². The number of nitrogens with zero attached hydrogens (tertiary/aromatic N) is 4. The number of hydrogen-bond donors (Lipinski definition) is 0. The van der Waals surface area contributed by atoms with Gasteiger partial charge in [-0.2, -0.15) is 5.10 Å². The predicted molar refractivity (Wildman–Crippen MR) is 81.9 cm³/mol. The van der Waals surface area contributed by atoms with Crippen molar-refractivity contribution in [2.75, 3.05) is 26.2 Å². The highest BCUT2D eigenvalue weighted by molar-refractivity contribution is 5.76. The summed E-state index contributed by atoms with van der Waals surface area (Å²) in [7, 11) is 0. The molecule has 2 saturated heterocycles. The summed E-state index contributed by atoms with van der Waals surface area (Å²) in [5.74, 6) is 0.347. The van der Waals surface area contributed by atoms with Gasteiger partial charge in [-0.25, -0.2) is 0 Å². The Hall–Kier alpha value is -1.36. The quantitative estimate of drug-likeness (QED) is 0.829. The van der Waals surface area contributed by atoms with E-state index in [-0.39, 0.29) is 0 Å². The van der Waals surface area contributed by atoms with Crippen molar-refractivity contribution in [3.63, 3.8) is 0 Å². The zero-order valence-corrected chi connectivity index (χ0v) is 12.8. The van der Waals surface area contributed by atoms with Gasteiger partial charge in [-0.15, -0.1) is 0 Å². The van der Waals surface area contributed by atoms with Gasteiger partial charge in [0, 0.05) is 44.5 Å². The number of piperidine rings is 1. The Balaban J connectivity index is 1.46. The summed E-state index contributed by atoms with van der Waals surface area (Å²) in [5, 5.41) is 4.30. The van der Waals surface area contributed by atoms with Gasteiger partial charge in [0.2, 0.25) is 5.91 Å². The smallest absolute Gasteiger partial charge is 0.223 e. The maximum absolute atomic E-state index is 12.3. The summed E-state index contributed by atoms with van der Waals surface area (Å²) in [6.07, 6.45) is 10.6. The SMILES string of the molecule is O=C(CCN1CCCC1Cn1cccn1)N1CCCCC1. The van der Waals surface area contributed by atoms with Crippen molar-refractivity contribution in [2.45, 2.75) is 51.1 Å². The van der Waals surface area contributed by atoms with Crippen LogP contribution in [0.3, 0.4) is 0 Å². The second-order valence-corrected chi connectivity index (χ2v) is 6.25. The van der Waals surface area contributed by atoms with Crippen LogP contribution in [0.1, 0.15) is 38.5 Å². The standard InChI is InChI=1S/C16H26N4O/c21-16(19-9-2-1-3-10-19)7-13-18-11-4-6-15(18)14-20-12-5-8-17-20/h5,8,12,15H,1-4,6-7,9-11,13-14H2. The third-order valence-corrected chi connectivity index (χ3v) is 4.78. The van der Waals surface area contributed by atoms with E-state index in [1.54, 1.807) is 0 Å². The van der Waals surface area contributed by atoms with Crippen molar-refractivity contribution < 1.29 is 4.79 Å². The van der Waals surface area contributed by atoms with Crippen LogP contribution >= 0.6 is 0 Å². The van der Waals surface area contributed by atoms with Gasteiger partial charge in [0.15, 0.2) is 0 Å². The minimum Gasteiger partial charge on any atom is -0.343 e. The van der Waals surface area contributed by atoms with E-state index >= 15 is 0 Å². The number of carbonyl (C=O) groups excluding carboxylic acids is 1. The van der Waals surface area contributed by atoms with E-state index < -0.39 is 0 Å². The highest BCUT2D eigenvalue weighted by atomic mass is 16.2. The van der Waals surface area contributed by atoms with E-state index in [1.807, 2.05) is 23.1 Å². The maximum atomic E-state index is 12.3. The molecule has 2 aliphatic heterocycles. The lowest BCUT2D eigenvalue weighted by Crippen LogP contribution is -2.39. The molecule has 116 valence electrons. The van der Waals surface area contributed by atoms with Crippen LogP contribution in [-0.2, 0) is 11.3 Å². The van der Waals surface area contributed by atoms with Crippen LogP contribution in [0.25, 0.3) is 0 Å². The first kappa shape index (κ1) is 14.6. The van der Waals surface area contributed by atoms with Crippen LogP contribution < -0.4 is 0 Å². The van der Waals surface area contributed by atoms with Crippen LogP contribution in [0.2, 0.25) is 0 Å². The third kappa shape index (κ3) is 3.84. The van der Waals surface area contributed by atoms with Crippen molar-refractivity contribution in [1.82, 2.24) is 19.6 Å². The molecule has 0 N–H and O–H groups in total. The van der Waals surface area contributed by atoms with Gasteiger partial charge >= 0.3 is 0 Å². The normalized spacial score (nSPS) is 23.6. The molecular formula is C16H26N4O. The fourth-order valence-corrected chi connectivity index (χ4v) is 3.56. The second-order valence-electron chi connectivity index (χ2n) is 6.25. The lowest BCUT2D eigenvalue weighted by Gasteiger charge is -2.29. The Morgan fingerprint density at radius 3 is 2.76 bits per heavy atom. The fourth-order valence-electron chi connectivity index (χ4n) is 3.56. The molecule has 0 aromatic carbocycles. The summed E-state index contributed by atoms with van der Waals surface area (Å²) in [4.78, 5) is 16.8. The van der Waals surface area contributed by atoms with Crippen molar-refractivity contribution in [3.05, 3.63) is 18.5 Å². The molecule has 0 aliphatic carbocycles. The molecule has 0 radical (unpaired) electrons. The van der Waals surface area contributed by atoms with Crippen molar-refractivity contribution in [3.8, 4) is 0 Å². The summed E-state index contributed by atoms with van der Waals surface area (Å²) in [5.41, 5.74) is 0. The van der Waals surface area contributed by atoms with E-state index in [4.69, 9.17) is 0 Å². The van der Waals surface area contributed by atoms with Crippen LogP contribution in [0.15, 0.2) is 18.5 Å². The van der Waals surface area contributed by atoms with Gasteiger partial charge in [-0.05, 0) is 44.7 Å². The van der Waals surface area contributed by atoms with E-state index in [0.717, 1.165) is 32.7 Å². The number of hydrogen-bond acceptors (Lipinski definition) is 3. The zero-order valence-electron chi connectivity index (χ0n) is 12.8. The summed E-state index contributed by atoms with van der Waals surface area (Å²) in [6.45, 7) is 4.91. The fraction of sp³-hybridized carbons (Fsp3) is 0.750. The van der Waals surface area contributed by atoms with Gasteiger partial charge in [0.05, 0.1) is 6.54 Å². The summed E-state index contributed by atoms with van der Waals surface area (Å²) >= 11 is 0. The minimum atomic E-state index is 0.347. The van der Waals surface area contributed by atoms with Gasteiger partial charge in [0.25, 0.3) is 0 Å². The van der Waals surface area contributed by atoms with Gasteiger partial charge in [-0.3, -0.25) is 14.4 Å². The first-order chi connectivity index (χ1) is 10.3. The van der Waals surface area contributed by atoms with Crippen molar-refractivity contribution in [2.24, 2.45) is 0 Å². The molecule has 3 heterocycles. The molecule has 1 atom stereocenters. The number of rotatable bonds is 5. The Morgan fingerprint density at radius 2 is 2.00 bits per heavy atom. The first-order valence-electron chi connectivity index (χ1n) is 8.32. The molecule has 5 heteroatoms. The lowest BCUT2D eigenvalue weighted by molar-refractivity contribution is -0.132. The molecule has 1 aromatic rings. The second kappa shape index (κ2) is 7.07. The molecule has 0 saturated carbocycles. The molecule has 1 unspecified atom stereocenters. The maximum Gasteiger partial charge on any atom is 0.223 e. The van der Waals surface area contributed by atoms with Crippen molar-refractivity contribution in [1.29, 1.82) is 0 Å². The topological polar surface area (TPSA) is 41.4 Å².